The fraction of sp³-hybridized carbons (Fsp3) is 0.625. The Morgan fingerprint density at radius 1 is 1.00 bits per heavy atom. The molecule has 0 atom stereocenters. The van der Waals surface area contributed by atoms with Crippen molar-refractivity contribution in [3.63, 3.8) is 0 Å². The fourth-order valence-corrected chi connectivity index (χ4v) is 3.17. The standard InChI is InChI=1S/C16H22O3/c1-2-13-3-5-14(6-4-13)15(17)7-9-16(10-8-15)18-11-12-19-16/h3-6,17H,2,7-12H2,1H3. The van der Waals surface area contributed by atoms with Crippen LogP contribution in [0.4, 0.5) is 0 Å². The van der Waals surface area contributed by atoms with Crippen LogP contribution in [0.25, 0.3) is 0 Å². The smallest absolute Gasteiger partial charge is 0.168 e. The summed E-state index contributed by atoms with van der Waals surface area (Å²) in [6.07, 6.45) is 4.00. The van der Waals surface area contributed by atoms with Crippen LogP contribution in [0.2, 0.25) is 0 Å². The molecule has 3 rings (SSSR count). The Balaban J connectivity index is 1.73. The summed E-state index contributed by atoms with van der Waals surface area (Å²) in [7, 11) is 0. The van der Waals surface area contributed by atoms with E-state index in [9.17, 15) is 5.11 Å². The minimum absolute atomic E-state index is 0.407. The summed E-state index contributed by atoms with van der Waals surface area (Å²) in [5, 5.41) is 10.8. The molecule has 2 fully saturated rings. The first-order valence-corrected chi connectivity index (χ1v) is 7.26. The number of aryl methyl sites for hydroxylation is 1. The van der Waals surface area contributed by atoms with Crippen molar-refractivity contribution in [2.75, 3.05) is 13.2 Å². The molecule has 3 heteroatoms. The van der Waals surface area contributed by atoms with Crippen molar-refractivity contribution in [3.8, 4) is 0 Å². The van der Waals surface area contributed by atoms with E-state index >= 15 is 0 Å². The van der Waals surface area contributed by atoms with Gasteiger partial charge in [-0.3, -0.25) is 0 Å². The Kier molecular flexibility index (Phi) is 3.37. The van der Waals surface area contributed by atoms with Gasteiger partial charge in [-0.25, -0.2) is 0 Å². The van der Waals surface area contributed by atoms with Crippen molar-refractivity contribution in [1.29, 1.82) is 0 Å². The highest BCUT2D eigenvalue weighted by atomic mass is 16.7. The molecule has 1 heterocycles. The first kappa shape index (κ1) is 13.1. The third kappa shape index (κ3) is 2.42. The lowest BCUT2D eigenvalue weighted by molar-refractivity contribution is -0.204. The van der Waals surface area contributed by atoms with Crippen LogP contribution in [0, 0.1) is 0 Å². The van der Waals surface area contributed by atoms with E-state index in [-0.39, 0.29) is 0 Å². The minimum Gasteiger partial charge on any atom is -0.385 e. The molecule has 0 radical (unpaired) electrons. The fourth-order valence-electron chi connectivity index (χ4n) is 3.17. The SMILES string of the molecule is CCc1ccc(C2(O)CCC3(CC2)OCCO3)cc1. The second-order valence-corrected chi connectivity index (χ2v) is 5.69. The van der Waals surface area contributed by atoms with Gasteiger partial charge in [0.15, 0.2) is 5.79 Å². The first-order chi connectivity index (χ1) is 9.16. The van der Waals surface area contributed by atoms with Crippen LogP contribution in [0.1, 0.15) is 43.7 Å². The van der Waals surface area contributed by atoms with Crippen LogP contribution in [0.3, 0.4) is 0 Å². The molecule has 1 aromatic carbocycles. The molecule has 1 saturated heterocycles. The van der Waals surface area contributed by atoms with Crippen LogP contribution >= 0.6 is 0 Å². The highest BCUT2D eigenvalue weighted by Crippen LogP contribution is 2.44. The van der Waals surface area contributed by atoms with Gasteiger partial charge in [0.25, 0.3) is 0 Å². The van der Waals surface area contributed by atoms with E-state index in [1.807, 2.05) is 0 Å². The highest BCUT2D eigenvalue weighted by Gasteiger charge is 2.46. The van der Waals surface area contributed by atoms with E-state index in [1.165, 1.54) is 5.56 Å². The normalized spacial score (nSPS) is 24.7. The van der Waals surface area contributed by atoms with Crippen LogP contribution in [0.5, 0.6) is 0 Å². The molecule has 19 heavy (non-hydrogen) atoms. The van der Waals surface area contributed by atoms with Crippen molar-refractivity contribution >= 4 is 0 Å². The molecular formula is C16H22O3. The van der Waals surface area contributed by atoms with Crippen LogP contribution in [0.15, 0.2) is 24.3 Å². The number of aliphatic hydroxyl groups is 1. The lowest BCUT2D eigenvalue weighted by Crippen LogP contribution is -2.42. The molecule has 0 bridgehead atoms. The monoisotopic (exact) mass is 262 g/mol. The van der Waals surface area contributed by atoms with Gasteiger partial charge in [0.2, 0.25) is 0 Å². The summed E-state index contributed by atoms with van der Waals surface area (Å²) in [5.74, 6) is -0.407. The van der Waals surface area contributed by atoms with Crippen molar-refractivity contribution in [2.45, 2.75) is 50.4 Å². The molecule has 1 aromatic rings. The second kappa shape index (κ2) is 4.89. The predicted octanol–water partition coefficient (Wildman–Crippen LogP) is 2.75. The maximum Gasteiger partial charge on any atom is 0.168 e. The minimum atomic E-state index is -0.715. The number of hydrogen-bond donors (Lipinski definition) is 1. The lowest BCUT2D eigenvalue weighted by atomic mass is 9.77. The van der Waals surface area contributed by atoms with Gasteiger partial charge in [-0.1, -0.05) is 31.2 Å². The molecule has 1 aliphatic heterocycles. The van der Waals surface area contributed by atoms with E-state index in [0.29, 0.717) is 26.1 Å². The Labute approximate surface area is 114 Å². The topological polar surface area (TPSA) is 38.7 Å². The van der Waals surface area contributed by atoms with Crippen molar-refractivity contribution in [2.24, 2.45) is 0 Å². The summed E-state index contributed by atoms with van der Waals surface area (Å²) >= 11 is 0. The molecule has 1 spiro atoms. The second-order valence-electron chi connectivity index (χ2n) is 5.69. The Morgan fingerprint density at radius 2 is 1.58 bits per heavy atom. The molecular weight excluding hydrogens is 240 g/mol. The molecule has 1 saturated carbocycles. The number of hydrogen-bond acceptors (Lipinski definition) is 3. The van der Waals surface area contributed by atoms with Gasteiger partial charge in [-0.2, -0.15) is 0 Å². The van der Waals surface area contributed by atoms with E-state index in [0.717, 1.165) is 24.8 Å². The Morgan fingerprint density at radius 3 is 2.11 bits per heavy atom. The first-order valence-electron chi connectivity index (χ1n) is 7.26. The third-order valence-corrected chi connectivity index (χ3v) is 4.55. The van der Waals surface area contributed by atoms with Crippen molar-refractivity contribution in [3.05, 3.63) is 35.4 Å². The maximum absolute atomic E-state index is 10.8. The quantitative estimate of drug-likeness (QED) is 0.890. The molecule has 0 amide bonds. The molecule has 1 aliphatic carbocycles. The van der Waals surface area contributed by atoms with E-state index in [2.05, 4.69) is 31.2 Å². The Bertz CT molecular complexity index is 422. The van der Waals surface area contributed by atoms with Gasteiger partial charge in [0, 0.05) is 12.8 Å². The van der Waals surface area contributed by atoms with Gasteiger partial charge < -0.3 is 14.6 Å². The van der Waals surface area contributed by atoms with Gasteiger partial charge in [-0.05, 0) is 30.4 Å². The largest absolute Gasteiger partial charge is 0.385 e. The number of rotatable bonds is 2. The number of benzene rings is 1. The third-order valence-electron chi connectivity index (χ3n) is 4.55. The van der Waals surface area contributed by atoms with Crippen molar-refractivity contribution in [1.82, 2.24) is 0 Å². The molecule has 0 unspecified atom stereocenters. The van der Waals surface area contributed by atoms with Crippen LogP contribution in [-0.4, -0.2) is 24.1 Å². The average molecular weight is 262 g/mol. The van der Waals surface area contributed by atoms with Gasteiger partial charge in [0.05, 0.1) is 18.8 Å². The summed E-state index contributed by atoms with van der Waals surface area (Å²) in [6.45, 7) is 3.51. The maximum atomic E-state index is 10.8. The molecule has 2 aliphatic rings. The zero-order valence-corrected chi connectivity index (χ0v) is 11.5. The van der Waals surface area contributed by atoms with Gasteiger partial charge in [-0.15, -0.1) is 0 Å². The van der Waals surface area contributed by atoms with Gasteiger partial charge >= 0.3 is 0 Å². The zero-order valence-electron chi connectivity index (χ0n) is 11.5. The lowest BCUT2D eigenvalue weighted by Gasteiger charge is -2.40. The summed E-state index contributed by atoms with van der Waals surface area (Å²) in [5.41, 5.74) is 1.62. The van der Waals surface area contributed by atoms with Crippen molar-refractivity contribution < 1.29 is 14.6 Å². The Hall–Kier alpha value is -0.900. The average Bonchev–Trinajstić information content (AvgIpc) is 2.92. The van der Waals surface area contributed by atoms with Crippen LogP contribution in [-0.2, 0) is 21.5 Å². The summed E-state index contributed by atoms with van der Waals surface area (Å²) < 4.78 is 11.4. The molecule has 1 N–H and O–H groups in total. The van der Waals surface area contributed by atoms with E-state index in [1.54, 1.807) is 0 Å². The van der Waals surface area contributed by atoms with E-state index < -0.39 is 11.4 Å². The summed E-state index contributed by atoms with van der Waals surface area (Å²) in [6, 6.07) is 8.35. The highest BCUT2D eigenvalue weighted by molar-refractivity contribution is 5.28. The van der Waals surface area contributed by atoms with Crippen LogP contribution < -0.4 is 0 Å². The summed E-state index contributed by atoms with van der Waals surface area (Å²) in [4.78, 5) is 0. The van der Waals surface area contributed by atoms with E-state index in [4.69, 9.17) is 9.47 Å². The molecule has 3 nitrogen and oxygen atoms in total. The van der Waals surface area contributed by atoms with Gasteiger partial charge in [0.1, 0.15) is 0 Å². The predicted molar refractivity (Wildman–Crippen MR) is 72.8 cm³/mol. The molecule has 104 valence electrons. The zero-order chi connectivity index (χ0) is 13.3. The molecule has 0 aromatic heterocycles. The number of ether oxygens (including phenoxy) is 2.